The normalized spacial score (nSPS) is 10.3. The van der Waals surface area contributed by atoms with Crippen LogP contribution in [0.25, 0.3) is 11.3 Å². The minimum atomic E-state index is -0.398. The number of ether oxygens (including phenoxy) is 1. The van der Waals surface area contributed by atoms with E-state index in [0.717, 1.165) is 0 Å². The lowest BCUT2D eigenvalue weighted by molar-refractivity contribution is -0.142. The molecular formula is C13H12FNO3. The summed E-state index contributed by atoms with van der Waals surface area (Å²) in [5, 5.41) is 0. The van der Waals surface area contributed by atoms with Crippen molar-refractivity contribution in [3.8, 4) is 11.3 Å². The van der Waals surface area contributed by atoms with Gasteiger partial charge in [0.15, 0.2) is 0 Å². The molecule has 0 spiro atoms. The fourth-order valence-electron chi connectivity index (χ4n) is 1.51. The highest BCUT2D eigenvalue weighted by atomic mass is 19.1. The maximum atomic E-state index is 13.0. The van der Waals surface area contributed by atoms with Crippen LogP contribution >= 0.6 is 0 Å². The molecule has 0 aliphatic carbocycles. The molecule has 0 saturated heterocycles. The molecule has 0 bridgehead atoms. The first-order valence-corrected chi connectivity index (χ1v) is 5.55. The summed E-state index contributed by atoms with van der Waals surface area (Å²) >= 11 is 0. The second kappa shape index (κ2) is 5.44. The monoisotopic (exact) mass is 249 g/mol. The van der Waals surface area contributed by atoms with Gasteiger partial charge in [-0.05, 0) is 19.1 Å². The van der Waals surface area contributed by atoms with Crippen LogP contribution in [0.2, 0.25) is 0 Å². The van der Waals surface area contributed by atoms with E-state index in [-0.39, 0.29) is 18.1 Å². The van der Waals surface area contributed by atoms with Crippen LogP contribution in [-0.4, -0.2) is 17.6 Å². The predicted molar refractivity (Wildman–Crippen MR) is 62.2 cm³/mol. The van der Waals surface area contributed by atoms with E-state index in [1.54, 1.807) is 19.1 Å². The Kier molecular flexibility index (Phi) is 3.72. The third-order valence-corrected chi connectivity index (χ3v) is 2.27. The second-order valence-electron chi connectivity index (χ2n) is 3.62. The summed E-state index contributed by atoms with van der Waals surface area (Å²) in [5.41, 5.74) is 1.10. The van der Waals surface area contributed by atoms with Gasteiger partial charge in [0.1, 0.15) is 24.2 Å². The topological polar surface area (TPSA) is 52.3 Å². The Morgan fingerprint density at radius 2 is 2.33 bits per heavy atom. The molecule has 0 saturated carbocycles. The number of benzene rings is 1. The standard InChI is InChI=1S/C13H12FNO3/c1-2-17-13(16)7-12-15-11(8-18-12)9-4-3-5-10(14)6-9/h3-6,8H,2,7H2,1H3. The summed E-state index contributed by atoms with van der Waals surface area (Å²) < 4.78 is 23.0. The SMILES string of the molecule is CCOC(=O)Cc1nc(-c2cccc(F)c2)co1. The smallest absolute Gasteiger partial charge is 0.315 e. The Labute approximate surface area is 103 Å². The molecule has 2 aromatic rings. The van der Waals surface area contributed by atoms with E-state index in [0.29, 0.717) is 17.9 Å². The lowest BCUT2D eigenvalue weighted by Gasteiger charge is -1.97. The first kappa shape index (κ1) is 12.3. The van der Waals surface area contributed by atoms with E-state index >= 15 is 0 Å². The third-order valence-electron chi connectivity index (χ3n) is 2.27. The number of aromatic nitrogens is 1. The average Bonchev–Trinajstić information content (AvgIpc) is 2.78. The Morgan fingerprint density at radius 1 is 1.50 bits per heavy atom. The highest BCUT2D eigenvalue weighted by molar-refractivity contribution is 5.71. The molecule has 0 radical (unpaired) electrons. The van der Waals surface area contributed by atoms with Gasteiger partial charge in [-0.25, -0.2) is 9.37 Å². The summed E-state index contributed by atoms with van der Waals surface area (Å²) in [6, 6.07) is 6.01. The van der Waals surface area contributed by atoms with Crippen molar-refractivity contribution >= 4 is 5.97 Å². The van der Waals surface area contributed by atoms with Gasteiger partial charge in [-0.1, -0.05) is 12.1 Å². The molecule has 0 aliphatic rings. The number of carbonyl (C=O) groups excluding carboxylic acids is 1. The van der Waals surface area contributed by atoms with Crippen LogP contribution in [0, 0.1) is 5.82 Å². The van der Waals surface area contributed by atoms with Crippen LogP contribution in [0.1, 0.15) is 12.8 Å². The predicted octanol–water partition coefficient (Wildman–Crippen LogP) is 2.59. The fraction of sp³-hybridized carbons (Fsp3) is 0.231. The molecule has 0 fully saturated rings. The van der Waals surface area contributed by atoms with Crippen LogP contribution < -0.4 is 0 Å². The van der Waals surface area contributed by atoms with Crippen molar-refractivity contribution in [2.75, 3.05) is 6.61 Å². The van der Waals surface area contributed by atoms with Gasteiger partial charge in [0, 0.05) is 5.56 Å². The quantitative estimate of drug-likeness (QED) is 0.781. The molecule has 2 rings (SSSR count). The summed E-state index contributed by atoms with van der Waals surface area (Å²) in [7, 11) is 0. The van der Waals surface area contributed by atoms with E-state index in [1.807, 2.05) is 0 Å². The number of nitrogens with zero attached hydrogens (tertiary/aromatic N) is 1. The van der Waals surface area contributed by atoms with Crippen LogP contribution in [0.15, 0.2) is 34.9 Å². The largest absolute Gasteiger partial charge is 0.466 e. The van der Waals surface area contributed by atoms with Crippen molar-refractivity contribution in [1.82, 2.24) is 4.98 Å². The van der Waals surface area contributed by atoms with Gasteiger partial charge in [0.25, 0.3) is 0 Å². The van der Waals surface area contributed by atoms with Crippen LogP contribution in [0.3, 0.4) is 0 Å². The molecule has 1 heterocycles. The number of oxazole rings is 1. The zero-order valence-corrected chi connectivity index (χ0v) is 9.85. The minimum Gasteiger partial charge on any atom is -0.466 e. The van der Waals surface area contributed by atoms with Gasteiger partial charge in [0.05, 0.1) is 6.61 Å². The number of hydrogen-bond acceptors (Lipinski definition) is 4. The Morgan fingerprint density at radius 3 is 3.06 bits per heavy atom. The van der Waals surface area contributed by atoms with Crippen molar-refractivity contribution in [2.45, 2.75) is 13.3 Å². The molecule has 1 aromatic carbocycles. The van der Waals surface area contributed by atoms with E-state index in [2.05, 4.69) is 4.98 Å². The first-order chi connectivity index (χ1) is 8.69. The van der Waals surface area contributed by atoms with Gasteiger partial charge in [-0.15, -0.1) is 0 Å². The van der Waals surface area contributed by atoms with E-state index in [9.17, 15) is 9.18 Å². The van der Waals surface area contributed by atoms with Crippen LogP contribution in [0.4, 0.5) is 4.39 Å². The van der Waals surface area contributed by atoms with E-state index < -0.39 is 5.97 Å². The molecule has 0 N–H and O–H groups in total. The maximum absolute atomic E-state index is 13.0. The molecule has 1 aromatic heterocycles. The Balaban J connectivity index is 2.13. The fourth-order valence-corrected chi connectivity index (χ4v) is 1.51. The van der Waals surface area contributed by atoms with Gasteiger partial charge in [-0.3, -0.25) is 4.79 Å². The number of rotatable bonds is 4. The molecule has 18 heavy (non-hydrogen) atoms. The molecule has 94 valence electrons. The molecule has 4 nitrogen and oxygen atoms in total. The number of esters is 1. The number of hydrogen-bond donors (Lipinski definition) is 0. The number of halogens is 1. The van der Waals surface area contributed by atoms with E-state index in [4.69, 9.17) is 9.15 Å². The lowest BCUT2D eigenvalue weighted by atomic mass is 10.2. The van der Waals surface area contributed by atoms with Gasteiger partial charge in [-0.2, -0.15) is 0 Å². The second-order valence-corrected chi connectivity index (χ2v) is 3.62. The van der Waals surface area contributed by atoms with Crippen molar-refractivity contribution in [3.05, 3.63) is 42.2 Å². The highest BCUT2D eigenvalue weighted by Crippen LogP contribution is 2.19. The minimum absolute atomic E-state index is 0.0246. The van der Waals surface area contributed by atoms with Crippen molar-refractivity contribution in [3.63, 3.8) is 0 Å². The summed E-state index contributed by atoms with van der Waals surface area (Å²) in [5.74, 6) is -0.486. The first-order valence-electron chi connectivity index (χ1n) is 5.55. The highest BCUT2D eigenvalue weighted by Gasteiger charge is 2.11. The van der Waals surface area contributed by atoms with Crippen molar-refractivity contribution < 1.29 is 18.3 Å². The Hall–Kier alpha value is -2.17. The zero-order chi connectivity index (χ0) is 13.0. The zero-order valence-electron chi connectivity index (χ0n) is 9.85. The third kappa shape index (κ3) is 2.94. The van der Waals surface area contributed by atoms with E-state index in [1.165, 1.54) is 18.4 Å². The lowest BCUT2D eigenvalue weighted by Crippen LogP contribution is -2.07. The number of carbonyl (C=O) groups is 1. The summed E-state index contributed by atoms with van der Waals surface area (Å²) in [6.07, 6.45) is 1.37. The Bertz CT molecular complexity index is 551. The van der Waals surface area contributed by atoms with Gasteiger partial charge >= 0.3 is 5.97 Å². The van der Waals surface area contributed by atoms with Crippen molar-refractivity contribution in [2.24, 2.45) is 0 Å². The van der Waals surface area contributed by atoms with Crippen molar-refractivity contribution in [1.29, 1.82) is 0 Å². The maximum Gasteiger partial charge on any atom is 0.315 e. The summed E-state index contributed by atoms with van der Waals surface area (Å²) in [6.45, 7) is 2.04. The molecule has 0 aliphatic heterocycles. The van der Waals surface area contributed by atoms with Crippen LogP contribution in [-0.2, 0) is 16.0 Å². The molecule has 5 heteroatoms. The molecule has 0 amide bonds. The molecule has 0 unspecified atom stereocenters. The van der Waals surface area contributed by atoms with Crippen LogP contribution in [0.5, 0.6) is 0 Å². The average molecular weight is 249 g/mol. The van der Waals surface area contributed by atoms with Gasteiger partial charge < -0.3 is 9.15 Å². The summed E-state index contributed by atoms with van der Waals surface area (Å²) in [4.78, 5) is 15.3. The molecular weight excluding hydrogens is 237 g/mol. The van der Waals surface area contributed by atoms with Gasteiger partial charge in [0.2, 0.25) is 5.89 Å². The molecule has 0 atom stereocenters.